The first kappa shape index (κ1) is 17.0. The third-order valence-electron chi connectivity index (χ3n) is 3.71. The van der Waals surface area contributed by atoms with Crippen molar-refractivity contribution in [3.8, 4) is 0 Å². The number of aromatic amines is 1. The van der Waals surface area contributed by atoms with Gasteiger partial charge in [0, 0.05) is 13.8 Å². The number of nitrogens with zero attached hydrogens (tertiary/aromatic N) is 3. The molecule has 4 atom stereocenters. The minimum Gasteiger partial charge on any atom is -0.456 e. The van der Waals surface area contributed by atoms with Gasteiger partial charge in [-0.25, -0.2) is 9.97 Å². The van der Waals surface area contributed by atoms with Crippen molar-refractivity contribution in [2.45, 2.75) is 38.4 Å². The molecule has 0 bridgehead atoms. The van der Waals surface area contributed by atoms with Crippen molar-refractivity contribution in [1.82, 2.24) is 19.5 Å². The predicted octanol–water partition coefficient (Wildman–Crippen LogP) is -1.13. The first-order valence-electron chi connectivity index (χ1n) is 7.43. The molecule has 0 saturated carbocycles. The summed E-state index contributed by atoms with van der Waals surface area (Å²) < 4.78 is 17.5. The molecule has 1 aliphatic rings. The molecule has 2 aromatic rings. The maximum Gasteiger partial charge on any atom is 0.303 e. The second kappa shape index (κ2) is 6.61. The van der Waals surface area contributed by atoms with Crippen LogP contribution in [0.15, 0.2) is 17.4 Å². The number of ether oxygens (including phenoxy) is 3. The Morgan fingerprint density at radius 2 is 1.96 bits per heavy atom. The molecule has 11 nitrogen and oxygen atoms in total. The first-order chi connectivity index (χ1) is 11.9. The predicted molar refractivity (Wildman–Crippen MR) is 80.3 cm³/mol. The van der Waals surface area contributed by atoms with Gasteiger partial charge in [-0.3, -0.25) is 19.0 Å². The monoisotopic (exact) mass is 352 g/mol. The van der Waals surface area contributed by atoms with Crippen LogP contribution in [-0.2, 0) is 23.8 Å². The van der Waals surface area contributed by atoms with E-state index in [1.807, 2.05) is 0 Å². The normalized spacial score (nSPS) is 25.9. The van der Waals surface area contributed by atoms with Crippen LogP contribution in [0.4, 0.5) is 0 Å². The van der Waals surface area contributed by atoms with Gasteiger partial charge in [0.05, 0.1) is 19.3 Å². The molecule has 0 radical (unpaired) electrons. The van der Waals surface area contributed by atoms with Crippen molar-refractivity contribution in [2.24, 2.45) is 0 Å². The van der Waals surface area contributed by atoms with E-state index in [9.17, 15) is 19.5 Å². The zero-order valence-electron chi connectivity index (χ0n) is 13.4. The number of aliphatic hydroxyl groups excluding tert-OH is 1. The molecule has 2 aromatic heterocycles. The molecule has 1 fully saturated rings. The second-order valence-electron chi connectivity index (χ2n) is 5.45. The van der Waals surface area contributed by atoms with E-state index in [1.165, 1.54) is 31.1 Å². The lowest BCUT2D eigenvalue weighted by Gasteiger charge is -2.23. The van der Waals surface area contributed by atoms with Gasteiger partial charge in [-0.15, -0.1) is 0 Å². The third kappa shape index (κ3) is 3.10. The van der Waals surface area contributed by atoms with Gasteiger partial charge in [-0.2, -0.15) is 0 Å². The average molecular weight is 352 g/mol. The van der Waals surface area contributed by atoms with E-state index in [-0.39, 0.29) is 11.2 Å². The molecule has 134 valence electrons. The molecule has 1 saturated heterocycles. The van der Waals surface area contributed by atoms with Crippen LogP contribution < -0.4 is 5.56 Å². The Morgan fingerprint density at radius 3 is 2.60 bits per heavy atom. The number of carbonyl (C=O) groups is 2. The van der Waals surface area contributed by atoms with Crippen LogP contribution in [0, 0.1) is 0 Å². The molecular weight excluding hydrogens is 336 g/mol. The highest BCUT2D eigenvalue weighted by molar-refractivity contribution is 5.69. The van der Waals surface area contributed by atoms with Gasteiger partial charge in [-0.1, -0.05) is 0 Å². The third-order valence-corrected chi connectivity index (χ3v) is 3.71. The van der Waals surface area contributed by atoms with Crippen molar-refractivity contribution in [1.29, 1.82) is 0 Å². The number of esters is 2. The number of hydrogen-bond acceptors (Lipinski definition) is 9. The highest BCUT2D eigenvalue weighted by Crippen LogP contribution is 2.35. The molecule has 2 N–H and O–H groups in total. The van der Waals surface area contributed by atoms with Crippen molar-refractivity contribution >= 4 is 23.1 Å². The molecule has 0 spiro atoms. The van der Waals surface area contributed by atoms with Crippen LogP contribution in [0.1, 0.15) is 20.1 Å². The van der Waals surface area contributed by atoms with Gasteiger partial charge in [0.25, 0.3) is 5.56 Å². The van der Waals surface area contributed by atoms with E-state index in [0.29, 0.717) is 0 Å². The smallest absolute Gasteiger partial charge is 0.303 e. The molecular formula is C14H16N4O7. The lowest BCUT2D eigenvalue weighted by Crippen LogP contribution is -2.40. The Morgan fingerprint density at radius 1 is 1.28 bits per heavy atom. The summed E-state index contributed by atoms with van der Waals surface area (Å²) in [4.78, 5) is 45.1. The van der Waals surface area contributed by atoms with E-state index in [0.717, 1.165) is 0 Å². The minimum absolute atomic E-state index is 0.0733. The van der Waals surface area contributed by atoms with Crippen LogP contribution >= 0.6 is 0 Å². The summed E-state index contributed by atoms with van der Waals surface area (Å²) in [7, 11) is 0. The van der Waals surface area contributed by atoms with Gasteiger partial charge in [0.1, 0.15) is 6.10 Å². The summed E-state index contributed by atoms with van der Waals surface area (Å²) in [6.45, 7) is 1.93. The lowest BCUT2D eigenvalue weighted by atomic mass is 10.1. The molecule has 2 unspecified atom stereocenters. The Kier molecular flexibility index (Phi) is 4.51. The summed E-state index contributed by atoms with van der Waals surface area (Å²) in [5.74, 6) is -1.24. The molecule has 0 aromatic carbocycles. The number of H-pyrrole nitrogens is 1. The van der Waals surface area contributed by atoms with Crippen molar-refractivity contribution in [3.63, 3.8) is 0 Å². The van der Waals surface area contributed by atoms with Crippen molar-refractivity contribution in [2.75, 3.05) is 6.61 Å². The van der Waals surface area contributed by atoms with Gasteiger partial charge in [0.2, 0.25) is 0 Å². The molecule has 3 heterocycles. The Hall–Kier alpha value is -2.79. The van der Waals surface area contributed by atoms with Gasteiger partial charge in [0.15, 0.2) is 29.6 Å². The zero-order valence-corrected chi connectivity index (χ0v) is 13.4. The Balaban J connectivity index is 2.05. The van der Waals surface area contributed by atoms with Crippen LogP contribution in [0.3, 0.4) is 0 Å². The van der Waals surface area contributed by atoms with Crippen LogP contribution in [0.5, 0.6) is 0 Å². The highest BCUT2D eigenvalue weighted by atomic mass is 16.6. The lowest BCUT2D eigenvalue weighted by molar-refractivity contribution is -0.165. The van der Waals surface area contributed by atoms with E-state index in [4.69, 9.17) is 14.2 Å². The number of fused-ring (bicyclic) bond motifs is 1. The number of aliphatic hydroxyl groups is 1. The van der Waals surface area contributed by atoms with E-state index >= 15 is 0 Å². The van der Waals surface area contributed by atoms with Gasteiger partial charge >= 0.3 is 11.9 Å². The van der Waals surface area contributed by atoms with Gasteiger partial charge in [-0.05, 0) is 0 Å². The summed E-state index contributed by atoms with van der Waals surface area (Å²) in [5, 5.41) is 9.52. The van der Waals surface area contributed by atoms with Crippen molar-refractivity contribution in [3.05, 3.63) is 23.0 Å². The quantitative estimate of drug-likeness (QED) is 0.653. The number of aromatic nitrogens is 4. The minimum atomic E-state index is -1.04. The van der Waals surface area contributed by atoms with E-state index in [1.54, 1.807) is 0 Å². The Bertz CT molecular complexity index is 860. The maximum absolute atomic E-state index is 11.8. The topological polar surface area (TPSA) is 146 Å². The molecule has 25 heavy (non-hydrogen) atoms. The summed E-state index contributed by atoms with van der Waals surface area (Å²) in [5.41, 5.74) is -0.170. The highest BCUT2D eigenvalue weighted by Gasteiger charge is 2.50. The summed E-state index contributed by atoms with van der Waals surface area (Å²) >= 11 is 0. The first-order valence-corrected chi connectivity index (χ1v) is 7.43. The number of carbonyl (C=O) groups excluding carboxylic acids is 2. The van der Waals surface area contributed by atoms with Crippen molar-refractivity contribution < 1.29 is 28.9 Å². The number of imidazole rings is 1. The fraction of sp³-hybridized carbons (Fsp3) is 0.500. The number of nitrogens with one attached hydrogen (secondary N) is 1. The van der Waals surface area contributed by atoms with Gasteiger partial charge < -0.3 is 24.3 Å². The average Bonchev–Trinajstić information content (AvgIpc) is 3.10. The number of rotatable bonds is 4. The molecule has 11 heteroatoms. The maximum atomic E-state index is 11.8. The van der Waals surface area contributed by atoms with Crippen LogP contribution in [0.2, 0.25) is 0 Å². The largest absolute Gasteiger partial charge is 0.456 e. The summed E-state index contributed by atoms with van der Waals surface area (Å²) in [6, 6.07) is 0. The fourth-order valence-electron chi connectivity index (χ4n) is 2.78. The van der Waals surface area contributed by atoms with Crippen LogP contribution in [0.25, 0.3) is 11.2 Å². The fourth-order valence-corrected chi connectivity index (χ4v) is 2.78. The second-order valence-corrected chi connectivity index (χ2v) is 5.45. The standard InChI is InChI=1S/C14H16N4O7/c1-6(20)23-10-8(3-19)25-14(11(10)24-7(2)21)18-5-17-9-12(18)15-4-16-13(9)22/h4-5,8,10-11,14,19H,3H2,1-2H3,(H,15,16,22)/t8-,10?,11?,14-/m1/s1. The molecule has 0 aliphatic carbocycles. The van der Waals surface area contributed by atoms with Crippen LogP contribution in [-0.4, -0.2) is 61.5 Å². The zero-order chi connectivity index (χ0) is 18.1. The number of hydrogen-bond donors (Lipinski definition) is 2. The SMILES string of the molecule is CC(=O)OC1C(OC(C)=O)[C@@H](CO)O[C@H]1n1cnc2c(=O)[nH]cnc21. The molecule has 1 aliphatic heterocycles. The van der Waals surface area contributed by atoms with E-state index < -0.39 is 48.6 Å². The Labute approximate surface area is 140 Å². The summed E-state index contributed by atoms with van der Waals surface area (Å²) in [6.07, 6.45) is -1.46. The van der Waals surface area contributed by atoms with E-state index in [2.05, 4.69) is 15.0 Å². The molecule has 0 amide bonds. The molecule has 3 rings (SSSR count).